The van der Waals surface area contributed by atoms with Crippen LogP contribution in [0.2, 0.25) is 0 Å². The molecule has 0 saturated heterocycles. The third kappa shape index (κ3) is 3.34. The maximum absolute atomic E-state index is 12.5. The van der Waals surface area contributed by atoms with E-state index in [0.717, 1.165) is 6.26 Å². The molecule has 0 unspecified atom stereocenters. The minimum absolute atomic E-state index is 0. The zero-order chi connectivity index (χ0) is 7.12. The Morgan fingerprint density at radius 2 is 1.90 bits per heavy atom. The molecule has 0 aromatic heterocycles. The lowest BCUT2D eigenvalue weighted by atomic mass is 10.7. The average Bonchev–Trinajstić information content (AvgIpc) is 2.12. The maximum atomic E-state index is 12.5. The van der Waals surface area contributed by atoms with Gasteiger partial charge in [0, 0.05) is 12.8 Å². The fourth-order valence-corrected chi connectivity index (χ4v) is 1.41. The fraction of sp³-hybridized carbons (Fsp3) is 1.00. The molecule has 0 aliphatic heterocycles. The third-order valence-corrected chi connectivity index (χ3v) is 1.79. The van der Waals surface area contributed by atoms with Gasteiger partial charge in [-0.25, -0.2) is 12.8 Å². The highest BCUT2D eigenvalue weighted by atomic mass is 35.5. The normalized spacial score (nSPS) is 21.4. The first-order valence-electron chi connectivity index (χ1n) is 2.59. The van der Waals surface area contributed by atoms with E-state index >= 15 is 0 Å². The van der Waals surface area contributed by atoms with Crippen molar-refractivity contribution in [2.45, 2.75) is 18.6 Å². The summed E-state index contributed by atoms with van der Waals surface area (Å²) in [7, 11) is -3.34. The molecule has 0 atom stereocenters. The van der Waals surface area contributed by atoms with Crippen LogP contribution in [0, 0.1) is 0 Å². The van der Waals surface area contributed by atoms with Crippen molar-refractivity contribution in [3.8, 4) is 0 Å². The van der Waals surface area contributed by atoms with Crippen LogP contribution in [0.5, 0.6) is 0 Å². The second-order valence-corrected chi connectivity index (χ2v) is 4.09. The Kier molecular flexibility index (Phi) is 2.67. The van der Waals surface area contributed by atoms with Gasteiger partial charge in [-0.3, -0.25) is 0 Å². The van der Waals surface area contributed by atoms with Crippen LogP contribution in [-0.2, 0) is 10.0 Å². The third-order valence-electron chi connectivity index (χ3n) is 1.06. The van der Waals surface area contributed by atoms with Crippen LogP contribution < -0.4 is 4.72 Å². The summed E-state index contributed by atoms with van der Waals surface area (Å²) in [5.41, 5.74) is 0. The van der Waals surface area contributed by atoms with Gasteiger partial charge in [0.05, 0.1) is 6.26 Å². The fourth-order valence-electron chi connectivity index (χ4n) is 0.544. The second-order valence-electron chi connectivity index (χ2n) is 2.34. The molecule has 0 aromatic carbocycles. The van der Waals surface area contributed by atoms with Crippen molar-refractivity contribution in [1.82, 2.24) is 4.72 Å². The predicted octanol–water partition coefficient (Wildman–Crippen LogP) is 0.417. The van der Waals surface area contributed by atoms with Gasteiger partial charge in [-0.15, -0.1) is 12.4 Å². The van der Waals surface area contributed by atoms with E-state index in [9.17, 15) is 12.8 Å². The molecular weight excluding hydrogens is 181 g/mol. The summed E-state index contributed by atoms with van der Waals surface area (Å²) < 4.78 is 35.1. The Hall–Kier alpha value is 0.130. The molecule has 1 N–H and O–H groups in total. The molecule has 0 aromatic rings. The zero-order valence-corrected chi connectivity index (χ0v) is 7.06. The van der Waals surface area contributed by atoms with E-state index in [1.165, 1.54) is 0 Å². The predicted molar refractivity (Wildman–Crippen MR) is 38.3 cm³/mol. The highest BCUT2D eigenvalue weighted by Crippen LogP contribution is 2.36. The van der Waals surface area contributed by atoms with Crippen molar-refractivity contribution in [1.29, 1.82) is 0 Å². The van der Waals surface area contributed by atoms with Crippen molar-refractivity contribution in [3.05, 3.63) is 0 Å². The van der Waals surface area contributed by atoms with Gasteiger partial charge in [-0.1, -0.05) is 0 Å². The lowest BCUT2D eigenvalue weighted by Gasteiger charge is -2.02. The maximum Gasteiger partial charge on any atom is 0.211 e. The Balaban J connectivity index is 0.000000810. The standard InChI is InChI=1S/C4H8FNO2S.ClH/c1-9(7,8)6-4(5)2-3-4;/h6H,2-3H2,1H3;1H. The largest absolute Gasteiger partial charge is 0.226 e. The van der Waals surface area contributed by atoms with E-state index in [0.29, 0.717) is 12.8 Å². The van der Waals surface area contributed by atoms with Gasteiger partial charge in [-0.2, -0.15) is 4.72 Å². The molecule has 1 aliphatic rings. The van der Waals surface area contributed by atoms with E-state index in [-0.39, 0.29) is 12.4 Å². The monoisotopic (exact) mass is 189 g/mol. The summed E-state index contributed by atoms with van der Waals surface area (Å²) >= 11 is 0. The molecule has 10 heavy (non-hydrogen) atoms. The van der Waals surface area contributed by atoms with Crippen LogP contribution in [0.15, 0.2) is 0 Å². The highest BCUT2D eigenvalue weighted by molar-refractivity contribution is 7.88. The number of halogens is 2. The molecule has 62 valence electrons. The summed E-state index contributed by atoms with van der Waals surface area (Å²) in [5, 5.41) is 0. The van der Waals surface area contributed by atoms with E-state index in [1.807, 2.05) is 4.72 Å². The number of rotatable bonds is 2. The van der Waals surface area contributed by atoms with Gasteiger partial charge in [0.1, 0.15) is 0 Å². The Labute approximate surface area is 65.5 Å². The molecule has 1 aliphatic carbocycles. The molecular formula is C4H9ClFNO2S. The summed E-state index contributed by atoms with van der Waals surface area (Å²) in [4.78, 5) is 0. The van der Waals surface area contributed by atoms with Gasteiger partial charge in [0.2, 0.25) is 10.0 Å². The van der Waals surface area contributed by atoms with Gasteiger partial charge in [0.25, 0.3) is 0 Å². The topological polar surface area (TPSA) is 46.2 Å². The number of nitrogens with one attached hydrogen (secondary N) is 1. The van der Waals surface area contributed by atoms with E-state index in [4.69, 9.17) is 0 Å². The minimum Gasteiger partial charge on any atom is -0.226 e. The molecule has 1 saturated carbocycles. The first-order chi connectivity index (χ1) is 3.91. The summed E-state index contributed by atoms with van der Waals surface area (Å²) in [6.45, 7) is 0. The lowest BCUT2D eigenvalue weighted by Crippen LogP contribution is -2.31. The number of hydrogen-bond acceptors (Lipinski definition) is 2. The molecule has 1 fully saturated rings. The summed E-state index contributed by atoms with van der Waals surface area (Å²) in [6.07, 6.45) is 1.56. The van der Waals surface area contributed by atoms with E-state index in [1.54, 1.807) is 0 Å². The van der Waals surface area contributed by atoms with Crippen LogP contribution in [0.25, 0.3) is 0 Å². The summed E-state index contributed by atoms with van der Waals surface area (Å²) in [5.74, 6) is -1.60. The Morgan fingerprint density at radius 1 is 1.50 bits per heavy atom. The first-order valence-corrected chi connectivity index (χ1v) is 4.48. The molecule has 0 spiro atoms. The lowest BCUT2D eigenvalue weighted by molar-refractivity contribution is 0.290. The zero-order valence-electron chi connectivity index (χ0n) is 5.43. The molecule has 0 bridgehead atoms. The minimum atomic E-state index is -3.34. The van der Waals surface area contributed by atoms with Gasteiger partial charge < -0.3 is 0 Å². The van der Waals surface area contributed by atoms with Crippen molar-refractivity contribution in [3.63, 3.8) is 0 Å². The SMILES string of the molecule is CS(=O)(=O)NC1(F)CC1.Cl. The van der Waals surface area contributed by atoms with Gasteiger partial charge in [-0.05, 0) is 0 Å². The van der Waals surface area contributed by atoms with Crippen molar-refractivity contribution in [2.75, 3.05) is 6.26 Å². The number of alkyl halides is 1. The Bertz CT molecular complexity index is 211. The van der Waals surface area contributed by atoms with Crippen LogP contribution in [-0.4, -0.2) is 20.5 Å². The van der Waals surface area contributed by atoms with Crippen molar-refractivity contribution in [2.24, 2.45) is 0 Å². The Morgan fingerprint density at radius 3 is 2.00 bits per heavy atom. The number of hydrogen-bond donors (Lipinski definition) is 1. The summed E-state index contributed by atoms with van der Waals surface area (Å²) in [6, 6.07) is 0. The van der Waals surface area contributed by atoms with Crippen LogP contribution in [0.4, 0.5) is 4.39 Å². The number of sulfonamides is 1. The van der Waals surface area contributed by atoms with E-state index < -0.39 is 15.8 Å². The molecule has 0 heterocycles. The van der Waals surface area contributed by atoms with Crippen molar-refractivity contribution >= 4 is 22.4 Å². The van der Waals surface area contributed by atoms with Crippen LogP contribution >= 0.6 is 12.4 Å². The quantitative estimate of drug-likeness (QED) is 0.640. The molecule has 0 radical (unpaired) electrons. The van der Waals surface area contributed by atoms with Crippen molar-refractivity contribution < 1.29 is 12.8 Å². The molecule has 6 heteroatoms. The van der Waals surface area contributed by atoms with Crippen LogP contribution in [0.3, 0.4) is 0 Å². The highest BCUT2D eigenvalue weighted by Gasteiger charge is 2.45. The van der Waals surface area contributed by atoms with Gasteiger partial charge in [0.15, 0.2) is 5.79 Å². The van der Waals surface area contributed by atoms with Gasteiger partial charge >= 0.3 is 0 Å². The second kappa shape index (κ2) is 2.64. The van der Waals surface area contributed by atoms with Crippen LogP contribution in [0.1, 0.15) is 12.8 Å². The van der Waals surface area contributed by atoms with E-state index in [2.05, 4.69) is 0 Å². The first kappa shape index (κ1) is 10.1. The molecule has 3 nitrogen and oxygen atoms in total. The molecule has 1 rings (SSSR count). The smallest absolute Gasteiger partial charge is 0.211 e. The molecule has 0 amide bonds. The average molecular weight is 190 g/mol.